The van der Waals surface area contributed by atoms with Gasteiger partial charge in [0.25, 0.3) is 0 Å². The Hall–Kier alpha value is -1.63. The maximum absolute atomic E-state index is 11.9. The summed E-state index contributed by atoms with van der Waals surface area (Å²) in [5.41, 5.74) is 1.55. The maximum Gasteiger partial charge on any atom is 0.338 e. The summed E-state index contributed by atoms with van der Waals surface area (Å²) in [6.07, 6.45) is 2.50. The molecule has 0 aliphatic rings. The SMILES string of the molecule is CCCCNc1ccc(C(=O)OCCOCCOCCOC(C)C)cc1. The molecule has 0 aliphatic carbocycles. The molecule has 0 saturated heterocycles. The van der Waals surface area contributed by atoms with Crippen molar-refractivity contribution in [2.75, 3.05) is 51.5 Å². The van der Waals surface area contributed by atoms with Crippen LogP contribution in [-0.4, -0.2) is 58.3 Å². The third kappa shape index (κ3) is 11.1. The fourth-order valence-corrected chi connectivity index (χ4v) is 2.08. The first-order valence-corrected chi connectivity index (χ1v) is 9.41. The number of unbranched alkanes of at least 4 members (excludes halogenated alkanes) is 1. The Bertz CT molecular complexity index is 476. The van der Waals surface area contributed by atoms with Crippen molar-refractivity contribution < 1.29 is 23.7 Å². The average Bonchev–Trinajstić information content (AvgIpc) is 2.63. The Morgan fingerprint density at radius 2 is 1.58 bits per heavy atom. The van der Waals surface area contributed by atoms with Crippen molar-refractivity contribution in [3.05, 3.63) is 29.8 Å². The van der Waals surface area contributed by atoms with E-state index < -0.39 is 0 Å². The van der Waals surface area contributed by atoms with E-state index in [4.69, 9.17) is 18.9 Å². The summed E-state index contributed by atoms with van der Waals surface area (Å²) in [7, 11) is 0. The molecule has 0 heterocycles. The van der Waals surface area contributed by atoms with Crippen molar-refractivity contribution in [2.45, 2.75) is 39.7 Å². The number of nitrogens with one attached hydrogen (secondary N) is 1. The normalized spacial score (nSPS) is 10.9. The number of rotatable bonds is 15. The van der Waals surface area contributed by atoms with Crippen molar-refractivity contribution >= 4 is 11.7 Å². The van der Waals surface area contributed by atoms with E-state index in [1.165, 1.54) is 0 Å². The zero-order valence-electron chi connectivity index (χ0n) is 16.3. The second kappa shape index (κ2) is 14.5. The summed E-state index contributed by atoms with van der Waals surface area (Å²) < 4.78 is 21.3. The van der Waals surface area contributed by atoms with E-state index in [1.807, 2.05) is 26.0 Å². The molecule has 0 bridgehead atoms. The van der Waals surface area contributed by atoms with Crippen LogP contribution >= 0.6 is 0 Å². The largest absolute Gasteiger partial charge is 0.460 e. The van der Waals surface area contributed by atoms with Gasteiger partial charge in [-0.15, -0.1) is 0 Å². The van der Waals surface area contributed by atoms with Gasteiger partial charge in [-0.1, -0.05) is 13.3 Å². The third-order valence-electron chi connectivity index (χ3n) is 3.49. The lowest BCUT2D eigenvalue weighted by Crippen LogP contribution is -2.15. The van der Waals surface area contributed by atoms with Gasteiger partial charge in [-0.2, -0.15) is 0 Å². The predicted octanol–water partition coefficient (Wildman–Crippen LogP) is 3.51. The molecule has 0 aliphatic heterocycles. The van der Waals surface area contributed by atoms with Gasteiger partial charge in [0.05, 0.1) is 44.7 Å². The predicted molar refractivity (Wildman–Crippen MR) is 103 cm³/mol. The summed E-state index contributed by atoms with van der Waals surface area (Å²) in [6, 6.07) is 7.32. The molecule has 1 aromatic rings. The quantitative estimate of drug-likeness (QED) is 0.378. The Kier molecular flexibility index (Phi) is 12.5. The first-order valence-electron chi connectivity index (χ1n) is 9.41. The number of esters is 1. The lowest BCUT2D eigenvalue weighted by atomic mass is 10.2. The Morgan fingerprint density at radius 1 is 0.962 bits per heavy atom. The van der Waals surface area contributed by atoms with Crippen LogP contribution in [0.2, 0.25) is 0 Å². The van der Waals surface area contributed by atoms with E-state index in [9.17, 15) is 4.79 Å². The van der Waals surface area contributed by atoms with E-state index in [1.54, 1.807) is 12.1 Å². The van der Waals surface area contributed by atoms with Gasteiger partial charge >= 0.3 is 5.97 Å². The fraction of sp³-hybridized carbons (Fsp3) is 0.650. The van der Waals surface area contributed by atoms with Gasteiger partial charge < -0.3 is 24.3 Å². The van der Waals surface area contributed by atoms with Gasteiger partial charge in [0.15, 0.2) is 0 Å². The second-order valence-electron chi connectivity index (χ2n) is 6.14. The van der Waals surface area contributed by atoms with Crippen molar-refractivity contribution in [2.24, 2.45) is 0 Å². The van der Waals surface area contributed by atoms with Crippen LogP contribution in [0.1, 0.15) is 44.0 Å². The number of carbonyl (C=O) groups is 1. The van der Waals surface area contributed by atoms with Crippen LogP contribution in [0.5, 0.6) is 0 Å². The summed E-state index contributed by atoms with van der Waals surface area (Å²) in [5.74, 6) is -0.337. The maximum atomic E-state index is 11.9. The molecule has 0 spiro atoms. The average molecular weight is 367 g/mol. The standard InChI is InChI=1S/C20H33NO5/c1-4-5-10-21-19-8-6-18(7-9-19)20(22)26-16-14-24-12-11-23-13-15-25-17(2)3/h6-9,17,21H,4-5,10-16H2,1-3H3. The highest BCUT2D eigenvalue weighted by molar-refractivity contribution is 5.89. The smallest absolute Gasteiger partial charge is 0.338 e. The van der Waals surface area contributed by atoms with Crippen molar-refractivity contribution in [1.82, 2.24) is 0 Å². The van der Waals surface area contributed by atoms with Crippen LogP contribution in [-0.2, 0) is 18.9 Å². The van der Waals surface area contributed by atoms with Gasteiger partial charge in [-0.3, -0.25) is 0 Å². The highest BCUT2D eigenvalue weighted by Gasteiger charge is 2.06. The molecule has 0 fully saturated rings. The topological polar surface area (TPSA) is 66.0 Å². The van der Waals surface area contributed by atoms with Gasteiger partial charge in [0.1, 0.15) is 6.61 Å². The molecule has 6 nitrogen and oxygen atoms in total. The minimum Gasteiger partial charge on any atom is -0.460 e. The lowest BCUT2D eigenvalue weighted by molar-refractivity contribution is -0.00953. The summed E-state index contributed by atoms with van der Waals surface area (Å²) in [4.78, 5) is 11.9. The zero-order valence-corrected chi connectivity index (χ0v) is 16.3. The Balaban J connectivity index is 2.04. The van der Waals surface area contributed by atoms with Crippen molar-refractivity contribution in [1.29, 1.82) is 0 Å². The molecule has 0 aromatic heterocycles. The minimum absolute atomic E-state index is 0.220. The number of anilines is 1. The molecular formula is C20H33NO5. The molecule has 1 rings (SSSR count). The van der Waals surface area contributed by atoms with Crippen LogP contribution in [0.3, 0.4) is 0 Å². The van der Waals surface area contributed by atoms with Crippen LogP contribution in [0, 0.1) is 0 Å². The summed E-state index contributed by atoms with van der Waals surface area (Å²) >= 11 is 0. The molecule has 148 valence electrons. The molecule has 0 saturated carbocycles. The van der Waals surface area contributed by atoms with Crippen molar-refractivity contribution in [3.8, 4) is 0 Å². The van der Waals surface area contributed by atoms with Crippen LogP contribution < -0.4 is 5.32 Å². The van der Waals surface area contributed by atoms with Gasteiger partial charge in [0, 0.05) is 12.2 Å². The summed E-state index contributed by atoms with van der Waals surface area (Å²) in [6.45, 7) is 9.76. The lowest BCUT2D eigenvalue weighted by Gasteiger charge is -2.09. The van der Waals surface area contributed by atoms with Gasteiger partial charge in [-0.05, 0) is 44.5 Å². The third-order valence-corrected chi connectivity index (χ3v) is 3.49. The monoisotopic (exact) mass is 367 g/mol. The van der Waals surface area contributed by atoms with E-state index in [-0.39, 0.29) is 18.7 Å². The number of ether oxygens (including phenoxy) is 4. The van der Waals surface area contributed by atoms with Crippen molar-refractivity contribution in [3.63, 3.8) is 0 Å². The molecule has 6 heteroatoms. The number of hydrogen-bond donors (Lipinski definition) is 1. The van der Waals surface area contributed by atoms with Crippen LogP contribution in [0.15, 0.2) is 24.3 Å². The first-order chi connectivity index (χ1) is 12.6. The van der Waals surface area contributed by atoms with Gasteiger partial charge in [-0.25, -0.2) is 4.79 Å². The Labute approximate surface area is 157 Å². The molecule has 1 N–H and O–H groups in total. The number of benzene rings is 1. The minimum atomic E-state index is -0.337. The highest BCUT2D eigenvalue weighted by Crippen LogP contribution is 2.10. The van der Waals surface area contributed by atoms with E-state index in [0.29, 0.717) is 38.6 Å². The Morgan fingerprint density at radius 3 is 2.19 bits per heavy atom. The fourth-order valence-electron chi connectivity index (χ4n) is 2.08. The molecule has 1 aromatic carbocycles. The molecule has 0 atom stereocenters. The number of hydrogen-bond acceptors (Lipinski definition) is 6. The molecule has 26 heavy (non-hydrogen) atoms. The van der Waals surface area contributed by atoms with E-state index in [0.717, 1.165) is 25.1 Å². The zero-order chi connectivity index (χ0) is 19.0. The number of carbonyl (C=O) groups excluding carboxylic acids is 1. The van der Waals surface area contributed by atoms with E-state index in [2.05, 4.69) is 12.2 Å². The molecule has 0 unspecified atom stereocenters. The van der Waals surface area contributed by atoms with Crippen LogP contribution in [0.25, 0.3) is 0 Å². The second-order valence-corrected chi connectivity index (χ2v) is 6.14. The summed E-state index contributed by atoms with van der Waals surface area (Å²) in [5, 5.41) is 3.31. The molecular weight excluding hydrogens is 334 g/mol. The first kappa shape index (κ1) is 22.4. The van der Waals surface area contributed by atoms with E-state index >= 15 is 0 Å². The van der Waals surface area contributed by atoms with Gasteiger partial charge in [0.2, 0.25) is 0 Å². The molecule has 0 radical (unpaired) electrons. The highest BCUT2D eigenvalue weighted by atomic mass is 16.6. The van der Waals surface area contributed by atoms with Crippen LogP contribution in [0.4, 0.5) is 5.69 Å². The molecule has 0 amide bonds.